The third-order valence-electron chi connectivity index (χ3n) is 1.90. The predicted octanol–water partition coefficient (Wildman–Crippen LogP) is 2.08. The van der Waals surface area contributed by atoms with Crippen LogP contribution < -0.4 is 0 Å². The van der Waals surface area contributed by atoms with Crippen molar-refractivity contribution in [3.05, 3.63) is 47.3 Å². The average molecular weight is 204 g/mol. The molecule has 0 saturated carbocycles. The Morgan fingerprint density at radius 2 is 1.93 bits per heavy atom. The van der Waals surface area contributed by atoms with Crippen molar-refractivity contribution in [2.24, 2.45) is 0 Å². The van der Waals surface area contributed by atoms with Crippen molar-refractivity contribution in [1.29, 1.82) is 0 Å². The van der Waals surface area contributed by atoms with Gasteiger partial charge in [0.15, 0.2) is 0 Å². The normalized spacial score (nSPS) is 10.1. The SMILES string of the molecule is Cc1nsnc1C(=O)c1ccccc1. The van der Waals surface area contributed by atoms with Crippen molar-refractivity contribution >= 4 is 17.5 Å². The van der Waals surface area contributed by atoms with Crippen molar-refractivity contribution in [3.8, 4) is 0 Å². The maximum Gasteiger partial charge on any atom is 0.214 e. The lowest BCUT2D eigenvalue weighted by atomic mass is 10.1. The van der Waals surface area contributed by atoms with E-state index in [1.165, 1.54) is 0 Å². The summed E-state index contributed by atoms with van der Waals surface area (Å²) < 4.78 is 7.95. The van der Waals surface area contributed by atoms with Gasteiger partial charge in [-0.3, -0.25) is 4.79 Å². The molecule has 0 radical (unpaired) electrons. The molecule has 0 fully saturated rings. The zero-order valence-electron chi connectivity index (χ0n) is 7.60. The van der Waals surface area contributed by atoms with Gasteiger partial charge in [0, 0.05) is 5.56 Å². The van der Waals surface area contributed by atoms with Gasteiger partial charge >= 0.3 is 0 Å². The predicted molar refractivity (Wildman–Crippen MR) is 54.5 cm³/mol. The zero-order valence-corrected chi connectivity index (χ0v) is 8.41. The summed E-state index contributed by atoms with van der Waals surface area (Å²) in [6.45, 7) is 1.79. The van der Waals surface area contributed by atoms with Gasteiger partial charge in [-0.15, -0.1) is 0 Å². The van der Waals surface area contributed by atoms with Crippen LogP contribution in [0.15, 0.2) is 30.3 Å². The van der Waals surface area contributed by atoms with Gasteiger partial charge in [0.05, 0.1) is 17.4 Å². The van der Waals surface area contributed by atoms with Gasteiger partial charge in [-0.2, -0.15) is 8.75 Å². The molecule has 3 nitrogen and oxygen atoms in total. The summed E-state index contributed by atoms with van der Waals surface area (Å²) in [6, 6.07) is 9.11. The number of ketones is 1. The van der Waals surface area contributed by atoms with Crippen LogP contribution in [0.3, 0.4) is 0 Å². The molecule has 2 aromatic rings. The van der Waals surface area contributed by atoms with E-state index in [-0.39, 0.29) is 5.78 Å². The van der Waals surface area contributed by atoms with Crippen molar-refractivity contribution in [2.45, 2.75) is 6.92 Å². The van der Waals surface area contributed by atoms with E-state index in [1.807, 2.05) is 18.2 Å². The minimum Gasteiger partial charge on any atom is -0.287 e. The minimum atomic E-state index is -0.0585. The van der Waals surface area contributed by atoms with Crippen LogP contribution in [0.5, 0.6) is 0 Å². The van der Waals surface area contributed by atoms with E-state index in [0.29, 0.717) is 17.0 Å². The summed E-state index contributed by atoms with van der Waals surface area (Å²) >= 11 is 1.07. The lowest BCUT2D eigenvalue weighted by Gasteiger charge is -1.96. The Labute approximate surface area is 85.7 Å². The van der Waals surface area contributed by atoms with Crippen LogP contribution >= 0.6 is 11.7 Å². The molecule has 2 rings (SSSR count). The van der Waals surface area contributed by atoms with Gasteiger partial charge in [-0.25, -0.2) is 0 Å². The number of rotatable bonds is 2. The summed E-state index contributed by atoms with van der Waals surface area (Å²) in [5.74, 6) is -0.0585. The largest absolute Gasteiger partial charge is 0.287 e. The van der Waals surface area contributed by atoms with Crippen LogP contribution in [0.2, 0.25) is 0 Å². The van der Waals surface area contributed by atoms with Crippen LogP contribution in [-0.2, 0) is 0 Å². The Kier molecular flexibility index (Phi) is 2.37. The van der Waals surface area contributed by atoms with Crippen LogP contribution in [0.25, 0.3) is 0 Å². The first-order chi connectivity index (χ1) is 6.79. The highest BCUT2D eigenvalue weighted by molar-refractivity contribution is 6.99. The van der Waals surface area contributed by atoms with Crippen molar-refractivity contribution in [3.63, 3.8) is 0 Å². The van der Waals surface area contributed by atoms with E-state index in [2.05, 4.69) is 8.75 Å². The Bertz CT molecular complexity index is 450. The summed E-state index contributed by atoms with van der Waals surface area (Å²) in [6.07, 6.45) is 0. The summed E-state index contributed by atoms with van der Waals surface area (Å²) in [7, 11) is 0. The minimum absolute atomic E-state index is 0.0585. The molecule has 1 heterocycles. The average Bonchev–Trinajstić information content (AvgIpc) is 2.65. The second-order valence-corrected chi connectivity index (χ2v) is 3.42. The van der Waals surface area contributed by atoms with Gasteiger partial charge in [0.25, 0.3) is 0 Å². The third-order valence-corrected chi connectivity index (χ3v) is 2.52. The fourth-order valence-electron chi connectivity index (χ4n) is 1.16. The van der Waals surface area contributed by atoms with Gasteiger partial charge < -0.3 is 0 Å². The Balaban J connectivity index is 2.39. The summed E-state index contributed by atoms with van der Waals surface area (Å²) in [5, 5.41) is 0. The Hall–Kier alpha value is -1.55. The number of carbonyl (C=O) groups excluding carboxylic acids is 1. The standard InChI is InChI=1S/C10H8N2OS/c1-7-9(12-14-11-7)10(13)8-5-3-2-4-6-8/h2-6H,1H3. The first-order valence-electron chi connectivity index (χ1n) is 4.18. The lowest BCUT2D eigenvalue weighted by Crippen LogP contribution is -2.03. The number of hydrogen-bond donors (Lipinski definition) is 0. The van der Waals surface area contributed by atoms with Gasteiger partial charge in [0.1, 0.15) is 5.69 Å². The molecule has 1 aromatic heterocycles. The molecule has 0 aliphatic rings. The molecule has 1 aromatic carbocycles. The maximum atomic E-state index is 11.8. The van der Waals surface area contributed by atoms with E-state index in [0.717, 1.165) is 11.7 Å². The monoisotopic (exact) mass is 204 g/mol. The van der Waals surface area contributed by atoms with Gasteiger partial charge in [0.2, 0.25) is 5.78 Å². The lowest BCUT2D eigenvalue weighted by molar-refractivity contribution is 0.103. The van der Waals surface area contributed by atoms with Crippen LogP contribution in [0, 0.1) is 6.92 Å². The molecular formula is C10H8N2OS. The molecule has 0 unspecified atom stereocenters. The second-order valence-electron chi connectivity index (χ2n) is 2.89. The smallest absolute Gasteiger partial charge is 0.214 e. The highest BCUT2D eigenvalue weighted by Crippen LogP contribution is 2.11. The van der Waals surface area contributed by atoms with E-state index in [4.69, 9.17) is 0 Å². The number of hydrogen-bond acceptors (Lipinski definition) is 4. The summed E-state index contributed by atoms with van der Waals surface area (Å²) in [4.78, 5) is 11.8. The third kappa shape index (κ3) is 1.56. The molecule has 0 saturated heterocycles. The molecule has 0 bridgehead atoms. The molecule has 0 amide bonds. The Morgan fingerprint density at radius 1 is 1.21 bits per heavy atom. The van der Waals surface area contributed by atoms with Crippen LogP contribution in [0.4, 0.5) is 0 Å². The van der Waals surface area contributed by atoms with E-state index < -0.39 is 0 Å². The van der Waals surface area contributed by atoms with Gasteiger partial charge in [-0.05, 0) is 6.92 Å². The van der Waals surface area contributed by atoms with Crippen molar-refractivity contribution < 1.29 is 4.79 Å². The molecule has 4 heteroatoms. The highest BCUT2D eigenvalue weighted by Gasteiger charge is 2.14. The Morgan fingerprint density at radius 3 is 2.50 bits per heavy atom. The number of aromatic nitrogens is 2. The molecule has 70 valence electrons. The first kappa shape index (κ1) is 9.02. The molecule has 0 aliphatic heterocycles. The van der Waals surface area contributed by atoms with Gasteiger partial charge in [-0.1, -0.05) is 30.3 Å². The molecule has 0 aliphatic carbocycles. The molecule has 0 spiro atoms. The van der Waals surface area contributed by atoms with E-state index in [1.54, 1.807) is 19.1 Å². The number of benzene rings is 1. The number of nitrogens with zero attached hydrogens (tertiary/aromatic N) is 2. The number of aryl methyl sites for hydroxylation is 1. The zero-order chi connectivity index (χ0) is 9.97. The highest BCUT2D eigenvalue weighted by atomic mass is 32.1. The molecular weight excluding hydrogens is 196 g/mol. The molecule has 0 N–H and O–H groups in total. The fraction of sp³-hybridized carbons (Fsp3) is 0.100. The maximum absolute atomic E-state index is 11.8. The summed E-state index contributed by atoms with van der Waals surface area (Å²) in [5.41, 5.74) is 1.81. The van der Waals surface area contributed by atoms with E-state index in [9.17, 15) is 4.79 Å². The van der Waals surface area contributed by atoms with Crippen LogP contribution in [-0.4, -0.2) is 14.5 Å². The first-order valence-corrected chi connectivity index (χ1v) is 4.91. The quantitative estimate of drug-likeness (QED) is 0.703. The fourth-order valence-corrected chi connectivity index (χ4v) is 1.71. The molecule has 14 heavy (non-hydrogen) atoms. The van der Waals surface area contributed by atoms with E-state index >= 15 is 0 Å². The van der Waals surface area contributed by atoms with Crippen molar-refractivity contribution in [1.82, 2.24) is 8.75 Å². The van der Waals surface area contributed by atoms with Crippen LogP contribution in [0.1, 0.15) is 21.7 Å². The topological polar surface area (TPSA) is 42.9 Å². The number of carbonyl (C=O) groups is 1. The molecule has 0 atom stereocenters. The second kappa shape index (κ2) is 3.67. The van der Waals surface area contributed by atoms with Crippen molar-refractivity contribution in [2.75, 3.05) is 0 Å².